The topological polar surface area (TPSA) is 66.8 Å². The molecule has 1 amide bonds. The van der Waals surface area contributed by atoms with Crippen LogP contribution in [-0.4, -0.2) is 35.4 Å². The van der Waals surface area contributed by atoms with Gasteiger partial charge in [0, 0.05) is 13.0 Å². The first-order valence-electron chi connectivity index (χ1n) is 7.46. The maximum Gasteiger partial charge on any atom is 0.290 e. The van der Waals surface area contributed by atoms with Crippen LogP contribution in [0, 0.1) is 0 Å². The van der Waals surface area contributed by atoms with Crippen LogP contribution in [0.1, 0.15) is 38.3 Å². The van der Waals surface area contributed by atoms with Gasteiger partial charge in [-0.15, -0.1) is 0 Å². The van der Waals surface area contributed by atoms with Crippen molar-refractivity contribution in [1.29, 1.82) is 0 Å². The summed E-state index contributed by atoms with van der Waals surface area (Å²) in [4.78, 5) is 26.0. The van der Waals surface area contributed by atoms with E-state index in [1.807, 2.05) is 19.1 Å². The summed E-state index contributed by atoms with van der Waals surface area (Å²) < 4.78 is 5.13. The number of rotatable bonds is 6. The number of aliphatic hydroxyl groups is 1. The van der Waals surface area contributed by atoms with Crippen LogP contribution in [-0.2, 0) is 9.59 Å². The van der Waals surface area contributed by atoms with Crippen molar-refractivity contribution in [1.82, 2.24) is 4.90 Å². The number of hydrogen-bond acceptors (Lipinski definition) is 4. The van der Waals surface area contributed by atoms with E-state index in [1.165, 1.54) is 0 Å². The van der Waals surface area contributed by atoms with Crippen molar-refractivity contribution in [2.45, 2.75) is 32.7 Å². The van der Waals surface area contributed by atoms with Crippen LogP contribution in [0.3, 0.4) is 0 Å². The molecule has 0 fully saturated rings. The van der Waals surface area contributed by atoms with E-state index < -0.39 is 17.7 Å². The number of carbonyl (C=O) groups excluding carboxylic acids is 2. The minimum absolute atomic E-state index is 0.200. The number of aliphatic hydroxyl groups excluding tert-OH is 1. The molecule has 1 N–H and O–H groups in total. The van der Waals surface area contributed by atoms with E-state index in [4.69, 9.17) is 4.74 Å². The molecule has 1 heterocycles. The minimum atomic E-state index is -0.522. The largest absolute Gasteiger partial charge is 0.503 e. The lowest BCUT2D eigenvalue weighted by molar-refractivity contribution is -0.129. The Bertz CT molecular complexity index is 604. The normalized spacial score (nSPS) is 18.0. The fourth-order valence-corrected chi connectivity index (χ4v) is 2.73. The molecule has 1 aliphatic heterocycles. The van der Waals surface area contributed by atoms with Crippen LogP contribution >= 0.6 is 0 Å². The van der Waals surface area contributed by atoms with E-state index in [9.17, 15) is 14.7 Å². The zero-order valence-corrected chi connectivity index (χ0v) is 13.1. The zero-order valence-electron chi connectivity index (χ0n) is 13.1. The van der Waals surface area contributed by atoms with Gasteiger partial charge in [0.05, 0.1) is 18.7 Å². The number of methoxy groups -OCH3 is 1. The van der Waals surface area contributed by atoms with E-state index in [2.05, 4.69) is 0 Å². The van der Waals surface area contributed by atoms with E-state index in [-0.39, 0.29) is 17.8 Å². The molecule has 1 aromatic rings. The van der Waals surface area contributed by atoms with Gasteiger partial charge < -0.3 is 14.7 Å². The Hall–Kier alpha value is -2.30. The van der Waals surface area contributed by atoms with Gasteiger partial charge in [0.15, 0.2) is 11.5 Å². The second-order valence-electron chi connectivity index (χ2n) is 5.21. The molecule has 0 saturated heterocycles. The molecule has 0 aliphatic carbocycles. The minimum Gasteiger partial charge on any atom is -0.503 e. The summed E-state index contributed by atoms with van der Waals surface area (Å²) in [5.41, 5.74) is 0.995. The van der Waals surface area contributed by atoms with Gasteiger partial charge in [-0.2, -0.15) is 0 Å². The predicted molar refractivity (Wildman–Crippen MR) is 82.7 cm³/mol. The van der Waals surface area contributed by atoms with Gasteiger partial charge in [0.25, 0.3) is 5.91 Å². The molecule has 0 saturated carbocycles. The van der Waals surface area contributed by atoms with Crippen molar-refractivity contribution in [2.75, 3.05) is 13.7 Å². The average Bonchev–Trinajstić information content (AvgIpc) is 2.79. The van der Waals surface area contributed by atoms with Gasteiger partial charge in [-0.05, 0) is 24.1 Å². The Morgan fingerprint density at radius 1 is 1.27 bits per heavy atom. The Morgan fingerprint density at radius 2 is 1.91 bits per heavy atom. The zero-order chi connectivity index (χ0) is 16.3. The van der Waals surface area contributed by atoms with Crippen LogP contribution in [0.15, 0.2) is 35.6 Å². The molecular weight excluding hydrogens is 282 g/mol. The fraction of sp³-hybridized carbons (Fsp3) is 0.412. The van der Waals surface area contributed by atoms with Gasteiger partial charge in [-0.25, -0.2) is 0 Å². The number of benzene rings is 1. The summed E-state index contributed by atoms with van der Waals surface area (Å²) in [5, 5.41) is 10.1. The highest BCUT2D eigenvalue weighted by Gasteiger charge is 2.42. The van der Waals surface area contributed by atoms with Crippen LogP contribution in [0.25, 0.3) is 0 Å². The summed E-state index contributed by atoms with van der Waals surface area (Å²) in [6.45, 7) is 4.16. The number of amides is 1. The lowest BCUT2D eigenvalue weighted by Crippen LogP contribution is -2.31. The average molecular weight is 303 g/mol. The third-order valence-electron chi connectivity index (χ3n) is 3.82. The third kappa shape index (κ3) is 2.71. The Morgan fingerprint density at radius 3 is 2.41 bits per heavy atom. The standard InChI is InChI=1S/C17H21NO4/c1-4-10-18-15(11-6-8-12(22-3)9-7-11)14(13(19)5-2)16(20)17(18)21/h6-9,15,20H,4-5,10H2,1-3H3. The molecule has 2 rings (SSSR count). The molecule has 1 aromatic carbocycles. The molecule has 22 heavy (non-hydrogen) atoms. The number of hydrogen-bond donors (Lipinski definition) is 1. The molecule has 5 nitrogen and oxygen atoms in total. The summed E-state index contributed by atoms with van der Waals surface area (Å²) >= 11 is 0. The van der Waals surface area contributed by atoms with E-state index in [1.54, 1.807) is 31.1 Å². The van der Waals surface area contributed by atoms with Crippen LogP contribution in [0.2, 0.25) is 0 Å². The molecule has 0 aromatic heterocycles. The Kier molecular flexibility index (Phi) is 4.85. The number of nitrogens with zero attached hydrogens (tertiary/aromatic N) is 1. The molecule has 118 valence electrons. The maximum atomic E-state index is 12.3. The molecule has 1 atom stereocenters. The van der Waals surface area contributed by atoms with Crippen LogP contribution in [0.5, 0.6) is 5.75 Å². The quantitative estimate of drug-likeness (QED) is 0.877. The first-order valence-corrected chi connectivity index (χ1v) is 7.46. The highest BCUT2D eigenvalue weighted by Crippen LogP contribution is 2.38. The van der Waals surface area contributed by atoms with E-state index in [0.29, 0.717) is 12.3 Å². The number of carbonyl (C=O) groups is 2. The van der Waals surface area contributed by atoms with Crippen molar-refractivity contribution in [3.8, 4) is 5.75 Å². The maximum absolute atomic E-state index is 12.3. The monoisotopic (exact) mass is 303 g/mol. The second kappa shape index (κ2) is 6.64. The fourth-order valence-electron chi connectivity index (χ4n) is 2.73. The first-order chi connectivity index (χ1) is 10.5. The van der Waals surface area contributed by atoms with Gasteiger partial charge in [-0.1, -0.05) is 26.0 Å². The van der Waals surface area contributed by atoms with Gasteiger partial charge in [0.2, 0.25) is 0 Å². The highest BCUT2D eigenvalue weighted by molar-refractivity contribution is 6.08. The van der Waals surface area contributed by atoms with E-state index >= 15 is 0 Å². The molecule has 5 heteroatoms. The van der Waals surface area contributed by atoms with Crippen molar-refractivity contribution in [2.24, 2.45) is 0 Å². The van der Waals surface area contributed by atoms with Gasteiger partial charge >= 0.3 is 0 Å². The molecular formula is C17H21NO4. The lowest BCUT2D eigenvalue weighted by Gasteiger charge is -2.26. The predicted octanol–water partition coefficient (Wildman–Crippen LogP) is 2.78. The van der Waals surface area contributed by atoms with Crippen molar-refractivity contribution >= 4 is 11.7 Å². The number of ketones is 1. The second-order valence-corrected chi connectivity index (χ2v) is 5.21. The lowest BCUT2D eigenvalue weighted by atomic mass is 9.95. The third-order valence-corrected chi connectivity index (χ3v) is 3.82. The van der Waals surface area contributed by atoms with Gasteiger partial charge in [0.1, 0.15) is 5.75 Å². The molecule has 1 aliphatic rings. The first kappa shape index (κ1) is 16.1. The van der Waals surface area contributed by atoms with Crippen molar-refractivity contribution in [3.05, 3.63) is 41.2 Å². The van der Waals surface area contributed by atoms with Crippen LogP contribution < -0.4 is 4.74 Å². The highest BCUT2D eigenvalue weighted by atomic mass is 16.5. The number of ether oxygens (including phenoxy) is 1. The summed E-state index contributed by atoms with van der Waals surface area (Å²) in [6, 6.07) is 6.69. The van der Waals surface area contributed by atoms with E-state index in [0.717, 1.165) is 12.0 Å². The Balaban J connectivity index is 2.49. The van der Waals surface area contributed by atoms with Gasteiger partial charge in [-0.3, -0.25) is 9.59 Å². The number of Topliss-reactive ketones (excluding diaryl/α,β-unsaturated/α-hetero) is 1. The molecule has 1 unspecified atom stereocenters. The molecule has 0 bridgehead atoms. The smallest absolute Gasteiger partial charge is 0.290 e. The van der Waals surface area contributed by atoms with Crippen molar-refractivity contribution in [3.63, 3.8) is 0 Å². The van der Waals surface area contributed by atoms with Crippen LogP contribution in [0.4, 0.5) is 0 Å². The SMILES string of the molecule is CCCN1C(=O)C(O)=C(C(=O)CC)C1c1ccc(OC)cc1. The summed E-state index contributed by atoms with van der Waals surface area (Å²) in [7, 11) is 1.58. The Labute approximate surface area is 130 Å². The van der Waals surface area contributed by atoms with Crippen molar-refractivity contribution < 1.29 is 19.4 Å². The molecule has 0 radical (unpaired) electrons. The molecule has 0 spiro atoms. The summed E-state index contributed by atoms with van der Waals surface area (Å²) in [6.07, 6.45) is 0.999. The summed E-state index contributed by atoms with van der Waals surface area (Å²) in [5.74, 6) is -0.391.